The second-order valence-electron chi connectivity index (χ2n) is 6.89. The minimum atomic E-state index is -3.46. The summed E-state index contributed by atoms with van der Waals surface area (Å²) in [4.78, 5) is 14.0. The monoisotopic (exact) mass is 473 g/mol. The standard InChI is InChI=1S/C20H22Cl2FN3O3S/c21-15-6-7-16(17(22)14-15)20(27)24-8-3-13-30(28,29)26-11-9-25(10-12-26)19-5-2-1-4-18(19)23/h1-2,4-7,14H,3,8-13H2,(H,24,27). The molecule has 1 heterocycles. The van der Waals surface area contributed by atoms with Crippen LogP contribution in [0.3, 0.4) is 0 Å². The number of sulfonamides is 1. The molecule has 1 aliphatic rings. The van der Waals surface area contributed by atoms with E-state index < -0.39 is 10.0 Å². The molecule has 0 aromatic heterocycles. The van der Waals surface area contributed by atoms with Gasteiger partial charge in [0.1, 0.15) is 5.82 Å². The van der Waals surface area contributed by atoms with Gasteiger partial charge in [0.15, 0.2) is 0 Å². The highest BCUT2D eigenvalue weighted by Crippen LogP contribution is 2.22. The predicted octanol–water partition coefficient (Wildman–Crippen LogP) is 3.40. The quantitative estimate of drug-likeness (QED) is 0.625. The van der Waals surface area contributed by atoms with Gasteiger partial charge in [0.2, 0.25) is 10.0 Å². The zero-order valence-corrected chi connectivity index (χ0v) is 18.5. The first-order chi connectivity index (χ1) is 14.3. The average Bonchev–Trinajstić information content (AvgIpc) is 2.71. The third-order valence-corrected chi connectivity index (χ3v) is 7.37. The van der Waals surface area contributed by atoms with Crippen molar-refractivity contribution in [3.63, 3.8) is 0 Å². The zero-order valence-electron chi connectivity index (χ0n) is 16.2. The average molecular weight is 474 g/mol. The summed E-state index contributed by atoms with van der Waals surface area (Å²) in [6.07, 6.45) is 0.271. The summed E-state index contributed by atoms with van der Waals surface area (Å²) in [5.74, 6) is -0.778. The van der Waals surface area contributed by atoms with Crippen LogP contribution in [0, 0.1) is 5.82 Å². The molecule has 2 aromatic carbocycles. The van der Waals surface area contributed by atoms with Gasteiger partial charge in [0.25, 0.3) is 5.91 Å². The van der Waals surface area contributed by atoms with Crippen molar-refractivity contribution in [2.24, 2.45) is 0 Å². The number of piperazine rings is 1. The molecule has 3 rings (SSSR count). The Morgan fingerprint density at radius 3 is 2.43 bits per heavy atom. The smallest absolute Gasteiger partial charge is 0.252 e. The van der Waals surface area contributed by atoms with Crippen molar-refractivity contribution in [1.29, 1.82) is 0 Å². The molecule has 6 nitrogen and oxygen atoms in total. The number of halogens is 3. The molecule has 0 aliphatic carbocycles. The van der Waals surface area contributed by atoms with Crippen molar-refractivity contribution in [1.82, 2.24) is 9.62 Å². The summed E-state index contributed by atoms with van der Waals surface area (Å²) in [6, 6.07) is 11.0. The third-order valence-electron chi connectivity index (χ3n) is 4.87. The maximum atomic E-state index is 13.9. The molecule has 162 valence electrons. The van der Waals surface area contributed by atoms with E-state index in [2.05, 4.69) is 5.32 Å². The van der Waals surface area contributed by atoms with Crippen LogP contribution in [-0.4, -0.2) is 57.1 Å². The van der Waals surface area contributed by atoms with Crippen LogP contribution >= 0.6 is 23.2 Å². The van der Waals surface area contributed by atoms with Crippen LogP contribution in [-0.2, 0) is 10.0 Å². The lowest BCUT2D eigenvalue weighted by Gasteiger charge is -2.35. The van der Waals surface area contributed by atoms with Crippen LogP contribution in [0.4, 0.5) is 10.1 Å². The van der Waals surface area contributed by atoms with E-state index in [0.717, 1.165) is 0 Å². The van der Waals surface area contributed by atoms with Gasteiger partial charge in [-0.1, -0.05) is 35.3 Å². The number of hydrogen-bond acceptors (Lipinski definition) is 4. The van der Waals surface area contributed by atoms with Gasteiger partial charge in [-0.25, -0.2) is 12.8 Å². The van der Waals surface area contributed by atoms with Crippen molar-refractivity contribution in [2.75, 3.05) is 43.4 Å². The normalized spacial score (nSPS) is 15.2. The van der Waals surface area contributed by atoms with E-state index in [0.29, 0.717) is 36.9 Å². The molecule has 0 unspecified atom stereocenters. The Morgan fingerprint density at radius 1 is 1.07 bits per heavy atom. The van der Waals surface area contributed by atoms with Crippen LogP contribution in [0.15, 0.2) is 42.5 Å². The van der Waals surface area contributed by atoms with Crippen molar-refractivity contribution in [3.05, 3.63) is 63.9 Å². The molecule has 0 bridgehead atoms. The molecule has 1 amide bonds. The van der Waals surface area contributed by atoms with Crippen LogP contribution < -0.4 is 10.2 Å². The SMILES string of the molecule is O=C(NCCCS(=O)(=O)N1CCN(c2ccccc2F)CC1)c1ccc(Cl)cc1Cl. The molecule has 0 spiro atoms. The summed E-state index contributed by atoms with van der Waals surface area (Å²) in [6.45, 7) is 1.64. The molecule has 30 heavy (non-hydrogen) atoms. The van der Waals surface area contributed by atoms with Crippen molar-refractivity contribution in [2.45, 2.75) is 6.42 Å². The van der Waals surface area contributed by atoms with Crippen LogP contribution in [0.2, 0.25) is 10.0 Å². The number of carbonyl (C=O) groups excluding carboxylic acids is 1. The number of nitrogens with one attached hydrogen (secondary N) is 1. The molecule has 2 aromatic rings. The van der Waals surface area contributed by atoms with Gasteiger partial charge >= 0.3 is 0 Å². The van der Waals surface area contributed by atoms with Gasteiger partial charge in [-0.3, -0.25) is 4.79 Å². The van der Waals surface area contributed by atoms with E-state index in [4.69, 9.17) is 23.2 Å². The van der Waals surface area contributed by atoms with Crippen LogP contribution in [0.25, 0.3) is 0 Å². The van der Waals surface area contributed by atoms with Crippen molar-refractivity contribution >= 4 is 44.8 Å². The second kappa shape index (κ2) is 9.96. The molecule has 1 fully saturated rings. The third kappa shape index (κ3) is 5.63. The van der Waals surface area contributed by atoms with E-state index in [9.17, 15) is 17.6 Å². The van der Waals surface area contributed by atoms with Gasteiger partial charge in [-0.15, -0.1) is 0 Å². The summed E-state index contributed by atoms with van der Waals surface area (Å²) in [5.41, 5.74) is 0.770. The largest absolute Gasteiger partial charge is 0.367 e. The number of benzene rings is 2. The lowest BCUT2D eigenvalue weighted by atomic mass is 10.2. The van der Waals surface area contributed by atoms with E-state index >= 15 is 0 Å². The summed E-state index contributed by atoms with van der Waals surface area (Å²) >= 11 is 11.8. The summed E-state index contributed by atoms with van der Waals surface area (Å²) < 4.78 is 40.5. The Hall–Kier alpha value is -1.87. The highest BCUT2D eigenvalue weighted by atomic mass is 35.5. The zero-order chi connectivity index (χ0) is 21.7. The maximum absolute atomic E-state index is 13.9. The van der Waals surface area contributed by atoms with Crippen LogP contribution in [0.1, 0.15) is 16.8 Å². The van der Waals surface area contributed by atoms with Gasteiger partial charge in [0.05, 0.1) is 22.0 Å². The number of carbonyl (C=O) groups is 1. The van der Waals surface area contributed by atoms with Gasteiger partial charge < -0.3 is 10.2 Å². The first-order valence-electron chi connectivity index (χ1n) is 9.48. The number of nitrogens with zero attached hydrogens (tertiary/aromatic N) is 2. The number of hydrogen-bond donors (Lipinski definition) is 1. The minimum absolute atomic E-state index is 0.0820. The van der Waals surface area contributed by atoms with Gasteiger partial charge in [0, 0.05) is 37.7 Å². The molecule has 1 saturated heterocycles. The molecule has 10 heteroatoms. The fraction of sp³-hybridized carbons (Fsp3) is 0.350. The Bertz CT molecular complexity index is 1010. The lowest BCUT2D eigenvalue weighted by molar-refractivity contribution is 0.0954. The Labute approximate surface area is 185 Å². The molecule has 0 radical (unpaired) electrons. The summed E-state index contributed by atoms with van der Waals surface area (Å²) in [7, 11) is -3.46. The van der Waals surface area contributed by atoms with E-state index in [1.165, 1.54) is 22.5 Å². The Kier molecular flexibility index (Phi) is 7.57. The molecule has 1 N–H and O–H groups in total. The maximum Gasteiger partial charge on any atom is 0.252 e. The highest BCUT2D eigenvalue weighted by Gasteiger charge is 2.27. The molecule has 0 atom stereocenters. The van der Waals surface area contributed by atoms with E-state index in [1.54, 1.807) is 24.3 Å². The summed E-state index contributed by atoms with van der Waals surface area (Å²) in [5, 5.41) is 3.34. The van der Waals surface area contributed by atoms with Gasteiger partial charge in [-0.05, 0) is 36.8 Å². The number of amides is 1. The second-order valence-corrected chi connectivity index (χ2v) is 9.82. The highest BCUT2D eigenvalue weighted by molar-refractivity contribution is 7.89. The first-order valence-corrected chi connectivity index (χ1v) is 11.8. The topological polar surface area (TPSA) is 69.7 Å². The fourth-order valence-electron chi connectivity index (χ4n) is 3.27. The number of para-hydroxylation sites is 1. The molecular formula is C20H22Cl2FN3O3S. The first kappa shape index (κ1) is 22.8. The van der Waals surface area contributed by atoms with E-state index in [1.807, 2.05) is 4.90 Å². The minimum Gasteiger partial charge on any atom is -0.367 e. The lowest BCUT2D eigenvalue weighted by Crippen LogP contribution is -2.49. The van der Waals surface area contributed by atoms with Gasteiger partial charge in [-0.2, -0.15) is 4.31 Å². The van der Waals surface area contributed by atoms with E-state index in [-0.39, 0.29) is 41.0 Å². The van der Waals surface area contributed by atoms with Crippen molar-refractivity contribution < 1.29 is 17.6 Å². The molecule has 1 aliphatic heterocycles. The van der Waals surface area contributed by atoms with Crippen LogP contribution in [0.5, 0.6) is 0 Å². The fourth-order valence-corrected chi connectivity index (χ4v) is 5.25. The Balaban J connectivity index is 1.46. The molecular weight excluding hydrogens is 452 g/mol. The van der Waals surface area contributed by atoms with Crippen molar-refractivity contribution in [3.8, 4) is 0 Å². The number of anilines is 1. The number of rotatable bonds is 7. The Morgan fingerprint density at radius 2 is 1.77 bits per heavy atom. The predicted molar refractivity (Wildman–Crippen MR) is 117 cm³/mol. The molecule has 0 saturated carbocycles.